The molecular weight excluding hydrogens is 382 g/mol. The van der Waals surface area contributed by atoms with Gasteiger partial charge >= 0.3 is 0 Å². The molecule has 3 heterocycles. The summed E-state index contributed by atoms with van der Waals surface area (Å²) in [5.74, 6) is 2.44. The predicted octanol–water partition coefficient (Wildman–Crippen LogP) is 5.44. The van der Waals surface area contributed by atoms with E-state index >= 15 is 0 Å². The fraction of sp³-hybridized carbons (Fsp3) is 0.348. The first-order valence-electron chi connectivity index (χ1n) is 9.91. The Bertz CT molecular complexity index is 1020. The highest BCUT2D eigenvalue weighted by Crippen LogP contribution is 2.32. The molecule has 29 heavy (non-hydrogen) atoms. The van der Waals surface area contributed by atoms with Gasteiger partial charge in [0, 0.05) is 37.0 Å². The second kappa shape index (κ2) is 7.64. The molecule has 0 bridgehead atoms. The minimum Gasteiger partial charge on any atom is -0.350 e. The zero-order valence-electron chi connectivity index (χ0n) is 17.3. The molecule has 5 nitrogen and oxygen atoms in total. The zero-order valence-corrected chi connectivity index (χ0v) is 18.1. The van der Waals surface area contributed by atoms with E-state index in [1.165, 1.54) is 5.56 Å². The monoisotopic (exact) mass is 407 g/mol. The van der Waals surface area contributed by atoms with Crippen LogP contribution < -0.4 is 10.2 Å². The minimum absolute atomic E-state index is 0.131. The summed E-state index contributed by atoms with van der Waals surface area (Å²) in [6.45, 7) is 10.1. The number of aromatic nitrogens is 3. The quantitative estimate of drug-likeness (QED) is 0.626. The van der Waals surface area contributed by atoms with E-state index in [4.69, 9.17) is 16.6 Å². The van der Waals surface area contributed by atoms with Crippen molar-refractivity contribution in [2.24, 2.45) is 0 Å². The molecular formula is C23H26ClN5. The van der Waals surface area contributed by atoms with Gasteiger partial charge in [0.25, 0.3) is 0 Å². The summed E-state index contributed by atoms with van der Waals surface area (Å²) in [6.07, 6.45) is 2.61. The summed E-state index contributed by atoms with van der Waals surface area (Å²) in [7, 11) is 0. The van der Waals surface area contributed by atoms with Crippen LogP contribution >= 0.6 is 11.6 Å². The number of pyridine rings is 1. The maximum absolute atomic E-state index is 6.38. The van der Waals surface area contributed by atoms with Crippen LogP contribution in [0.5, 0.6) is 0 Å². The van der Waals surface area contributed by atoms with E-state index in [-0.39, 0.29) is 5.41 Å². The normalized spacial score (nSPS) is 13.9. The highest BCUT2D eigenvalue weighted by molar-refractivity contribution is 6.32. The summed E-state index contributed by atoms with van der Waals surface area (Å²) < 4.78 is 0. The van der Waals surface area contributed by atoms with Gasteiger partial charge in [0.15, 0.2) is 0 Å². The highest BCUT2D eigenvalue weighted by Gasteiger charge is 2.24. The second-order valence-electron chi connectivity index (χ2n) is 8.48. The van der Waals surface area contributed by atoms with Crippen LogP contribution in [0.3, 0.4) is 0 Å². The summed E-state index contributed by atoms with van der Waals surface area (Å²) in [6, 6.07) is 12.3. The molecule has 0 amide bonds. The molecule has 0 atom stereocenters. The van der Waals surface area contributed by atoms with E-state index in [0.29, 0.717) is 11.6 Å². The van der Waals surface area contributed by atoms with Gasteiger partial charge in [-0.15, -0.1) is 0 Å². The molecule has 1 aliphatic rings. The van der Waals surface area contributed by atoms with Gasteiger partial charge < -0.3 is 10.2 Å². The lowest BCUT2D eigenvalue weighted by atomic mass is 9.87. The van der Waals surface area contributed by atoms with Gasteiger partial charge in [0.2, 0.25) is 0 Å². The molecule has 0 fully saturated rings. The second-order valence-corrected chi connectivity index (χ2v) is 8.88. The average molecular weight is 408 g/mol. The first-order valence-corrected chi connectivity index (χ1v) is 10.3. The third kappa shape index (κ3) is 4.20. The molecule has 3 aromatic rings. The summed E-state index contributed by atoms with van der Waals surface area (Å²) in [5, 5.41) is 4.17. The summed E-state index contributed by atoms with van der Waals surface area (Å²) >= 11 is 6.38. The Morgan fingerprint density at radius 2 is 1.83 bits per heavy atom. The van der Waals surface area contributed by atoms with Crippen molar-refractivity contribution in [3.05, 3.63) is 70.3 Å². The van der Waals surface area contributed by atoms with Crippen LogP contribution in [0.15, 0.2) is 42.6 Å². The van der Waals surface area contributed by atoms with E-state index in [2.05, 4.69) is 65.2 Å². The smallest absolute Gasteiger partial charge is 0.147 e. The molecule has 0 spiro atoms. The van der Waals surface area contributed by atoms with E-state index in [1.807, 2.05) is 19.1 Å². The van der Waals surface area contributed by atoms with Gasteiger partial charge in [-0.25, -0.2) is 15.0 Å². The molecule has 1 aromatic carbocycles. The zero-order chi connectivity index (χ0) is 20.6. The number of nitrogens with one attached hydrogen (secondary N) is 1. The lowest BCUT2D eigenvalue weighted by Gasteiger charge is -2.31. The maximum atomic E-state index is 6.38. The van der Waals surface area contributed by atoms with Crippen LogP contribution in [-0.4, -0.2) is 21.5 Å². The van der Waals surface area contributed by atoms with Gasteiger partial charge in [-0.1, -0.05) is 44.5 Å². The molecule has 1 aliphatic heterocycles. The topological polar surface area (TPSA) is 53.9 Å². The summed E-state index contributed by atoms with van der Waals surface area (Å²) in [4.78, 5) is 16.0. The number of hydrogen-bond donors (Lipinski definition) is 1. The van der Waals surface area contributed by atoms with Crippen molar-refractivity contribution in [1.82, 2.24) is 15.0 Å². The van der Waals surface area contributed by atoms with Crippen molar-refractivity contribution in [1.29, 1.82) is 0 Å². The van der Waals surface area contributed by atoms with E-state index in [9.17, 15) is 0 Å². The average Bonchev–Trinajstić information content (AvgIpc) is 2.68. The van der Waals surface area contributed by atoms with Gasteiger partial charge in [-0.3, -0.25) is 0 Å². The first-order chi connectivity index (χ1) is 13.8. The number of rotatable bonds is 3. The number of anilines is 3. The number of hydrogen-bond acceptors (Lipinski definition) is 5. The van der Waals surface area contributed by atoms with E-state index in [1.54, 1.807) is 6.20 Å². The Kier molecular flexibility index (Phi) is 5.17. The lowest BCUT2D eigenvalue weighted by Crippen LogP contribution is -2.33. The predicted molar refractivity (Wildman–Crippen MR) is 119 cm³/mol. The van der Waals surface area contributed by atoms with Crippen LogP contribution in [0.2, 0.25) is 5.02 Å². The van der Waals surface area contributed by atoms with Crippen molar-refractivity contribution in [2.45, 2.75) is 46.1 Å². The Morgan fingerprint density at radius 1 is 1.07 bits per heavy atom. The van der Waals surface area contributed by atoms with Crippen molar-refractivity contribution in [3.8, 4) is 0 Å². The molecule has 4 rings (SSSR count). The number of benzene rings is 1. The van der Waals surface area contributed by atoms with Gasteiger partial charge in [0.05, 0.1) is 10.7 Å². The molecule has 1 N–H and O–H groups in total. The minimum atomic E-state index is 0.131. The van der Waals surface area contributed by atoms with Crippen LogP contribution in [0, 0.1) is 6.92 Å². The van der Waals surface area contributed by atoms with Crippen LogP contribution in [0.1, 0.15) is 43.4 Å². The van der Waals surface area contributed by atoms with Gasteiger partial charge in [-0.05, 0) is 42.2 Å². The Morgan fingerprint density at radius 3 is 2.52 bits per heavy atom. The molecule has 0 saturated carbocycles. The SMILES string of the molecule is Cc1nc2c(c(Nc3ccc(C(C)(C)C)cc3)n1)CN(c1ncccc1Cl)CC2. The lowest BCUT2D eigenvalue weighted by molar-refractivity contribution is 0.590. The Balaban J connectivity index is 1.64. The Hall–Kier alpha value is -2.66. The van der Waals surface area contributed by atoms with E-state index in [0.717, 1.165) is 47.4 Å². The van der Waals surface area contributed by atoms with Crippen LogP contribution in [-0.2, 0) is 18.4 Å². The van der Waals surface area contributed by atoms with Crippen molar-refractivity contribution in [3.63, 3.8) is 0 Å². The van der Waals surface area contributed by atoms with Crippen molar-refractivity contribution < 1.29 is 0 Å². The number of aryl methyl sites for hydroxylation is 1. The van der Waals surface area contributed by atoms with Gasteiger partial charge in [-0.2, -0.15) is 0 Å². The number of fused-ring (bicyclic) bond motifs is 1. The van der Waals surface area contributed by atoms with Crippen molar-refractivity contribution in [2.75, 3.05) is 16.8 Å². The standard InChI is InChI=1S/C23H26ClN5/c1-15-26-20-11-13-29(22-19(24)6-5-12-25-22)14-18(20)21(27-15)28-17-9-7-16(8-10-17)23(2,3)4/h5-10,12H,11,13-14H2,1-4H3,(H,26,27,28). The molecule has 2 aromatic heterocycles. The molecule has 0 saturated heterocycles. The van der Waals surface area contributed by atoms with Gasteiger partial charge in [0.1, 0.15) is 17.5 Å². The fourth-order valence-electron chi connectivity index (χ4n) is 3.62. The van der Waals surface area contributed by atoms with Crippen molar-refractivity contribution >= 4 is 28.9 Å². The molecule has 6 heteroatoms. The van der Waals surface area contributed by atoms with Crippen LogP contribution in [0.25, 0.3) is 0 Å². The summed E-state index contributed by atoms with van der Waals surface area (Å²) in [5.41, 5.74) is 4.65. The molecule has 0 unspecified atom stereocenters. The highest BCUT2D eigenvalue weighted by atomic mass is 35.5. The maximum Gasteiger partial charge on any atom is 0.147 e. The third-order valence-corrected chi connectivity index (χ3v) is 5.52. The largest absolute Gasteiger partial charge is 0.350 e. The fourth-order valence-corrected chi connectivity index (χ4v) is 3.86. The number of halogens is 1. The van der Waals surface area contributed by atoms with Crippen LogP contribution in [0.4, 0.5) is 17.3 Å². The Labute approximate surface area is 177 Å². The molecule has 0 aliphatic carbocycles. The van der Waals surface area contributed by atoms with E-state index < -0.39 is 0 Å². The molecule has 0 radical (unpaired) electrons. The number of nitrogens with zero attached hydrogens (tertiary/aromatic N) is 4. The first kappa shape index (κ1) is 19.6. The third-order valence-electron chi connectivity index (χ3n) is 5.22. The molecule has 150 valence electrons.